The Labute approximate surface area is 177 Å². The van der Waals surface area contributed by atoms with E-state index in [0.717, 1.165) is 37.7 Å². The Morgan fingerprint density at radius 3 is 2.17 bits per heavy atom. The second kappa shape index (κ2) is 7.70. The number of carbonyl (C=O) groups is 1. The van der Waals surface area contributed by atoms with Crippen molar-refractivity contribution in [3.63, 3.8) is 0 Å². The third-order valence-corrected chi connectivity index (χ3v) is 6.34. The van der Waals surface area contributed by atoms with Gasteiger partial charge in [0.1, 0.15) is 11.3 Å². The van der Waals surface area contributed by atoms with E-state index in [-0.39, 0.29) is 17.0 Å². The van der Waals surface area contributed by atoms with E-state index < -0.39 is 11.3 Å². The van der Waals surface area contributed by atoms with Crippen molar-refractivity contribution in [2.24, 2.45) is 5.92 Å². The molecule has 2 fully saturated rings. The number of hydrogen-bond acceptors (Lipinski definition) is 3. The van der Waals surface area contributed by atoms with Gasteiger partial charge in [-0.2, -0.15) is 0 Å². The van der Waals surface area contributed by atoms with Crippen molar-refractivity contribution >= 4 is 5.91 Å². The quantitative estimate of drug-likeness (QED) is 0.707. The van der Waals surface area contributed by atoms with E-state index in [1.807, 2.05) is 25.1 Å². The lowest BCUT2D eigenvalue weighted by Crippen LogP contribution is -2.67. The van der Waals surface area contributed by atoms with Gasteiger partial charge in [-0.25, -0.2) is 0 Å². The first-order valence-electron chi connectivity index (χ1n) is 11.2. The monoisotopic (exact) mass is 400 g/mol. The fourth-order valence-corrected chi connectivity index (χ4v) is 5.69. The van der Waals surface area contributed by atoms with E-state index in [1.165, 1.54) is 0 Å². The summed E-state index contributed by atoms with van der Waals surface area (Å²) in [7, 11) is 0. The van der Waals surface area contributed by atoms with Crippen molar-refractivity contribution in [3.8, 4) is 0 Å². The smallest absolute Gasteiger partial charge is 0.257 e. The van der Waals surface area contributed by atoms with Crippen molar-refractivity contribution in [2.75, 3.05) is 0 Å². The fourth-order valence-electron chi connectivity index (χ4n) is 5.69. The molecule has 162 valence electrons. The minimum Gasteiger partial charge on any atom is -0.339 e. The Kier molecular flexibility index (Phi) is 5.92. The third-order valence-electron chi connectivity index (χ3n) is 6.34. The van der Waals surface area contributed by atoms with Gasteiger partial charge in [0.25, 0.3) is 5.91 Å². The highest BCUT2D eigenvalue weighted by Gasteiger charge is 2.62. The van der Waals surface area contributed by atoms with Gasteiger partial charge in [-0.3, -0.25) is 4.79 Å². The topological polar surface area (TPSA) is 41.6 Å². The van der Waals surface area contributed by atoms with Crippen LogP contribution in [0.4, 0.5) is 0 Å². The Hall–Kier alpha value is -1.39. The van der Waals surface area contributed by atoms with Crippen LogP contribution in [0, 0.1) is 5.92 Å². The van der Waals surface area contributed by atoms with Gasteiger partial charge in [-0.15, -0.1) is 0 Å². The molecule has 3 rings (SSSR count). The molecule has 29 heavy (non-hydrogen) atoms. The van der Waals surface area contributed by atoms with E-state index in [4.69, 9.17) is 4.74 Å². The molecule has 1 amide bonds. The molecule has 0 radical (unpaired) electrons. The first kappa shape index (κ1) is 22.3. The number of ether oxygens (including phenoxy) is 1. The number of nitrogens with one attached hydrogen (secondary N) is 1. The Morgan fingerprint density at radius 2 is 1.62 bits per heavy atom. The minimum absolute atomic E-state index is 0.111. The third kappa shape index (κ3) is 4.86. The summed E-state index contributed by atoms with van der Waals surface area (Å²) in [6, 6.07) is 10.3. The van der Waals surface area contributed by atoms with Crippen LogP contribution in [-0.4, -0.2) is 33.2 Å². The normalized spacial score (nSPS) is 27.7. The van der Waals surface area contributed by atoms with E-state index in [1.54, 1.807) is 0 Å². The number of piperidine rings is 1. The summed E-state index contributed by atoms with van der Waals surface area (Å²) in [6.07, 6.45) is 4.51. The summed E-state index contributed by atoms with van der Waals surface area (Å²) in [5.41, 5.74) is -0.380. The van der Waals surface area contributed by atoms with Gasteiger partial charge in [0.15, 0.2) is 0 Å². The zero-order valence-electron chi connectivity index (χ0n) is 19.5. The van der Waals surface area contributed by atoms with Crippen LogP contribution in [0.15, 0.2) is 30.3 Å². The van der Waals surface area contributed by atoms with Gasteiger partial charge < -0.3 is 15.0 Å². The van der Waals surface area contributed by atoms with Crippen LogP contribution >= 0.6 is 0 Å². The molecule has 0 bridgehead atoms. The maximum atomic E-state index is 13.8. The molecule has 0 aliphatic carbocycles. The predicted octanol–water partition coefficient (Wildman–Crippen LogP) is 5.27. The van der Waals surface area contributed by atoms with Gasteiger partial charge >= 0.3 is 0 Å². The predicted molar refractivity (Wildman–Crippen MR) is 118 cm³/mol. The summed E-state index contributed by atoms with van der Waals surface area (Å²) in [5, 5.41) is 3.75. The zero-order valence-corrected chi connectivity index (χ0v) is 19.5. The lowest BCUT2D eigenvalue weighted by atomic mass is 9.76. The Bertz CT molecular complexity index is 710. The summed E-state index contributed by atoms with van der Waals surface area (Å²) >= 11 is 0. The highest BCUT2D eigenvalue weighted by molar-refractivity contribution is 5.87. The molecule has 1 atom stereocenters. The van der Waals surface area contributed by atoms with Crippen molar-refractivity contribution in [1.29, 1.82) is 0 Å². The number of nitrogens with zero attached hydrogens (tertiary/aromatic N) is 1. The van der Waals surface area contributed by atoms with Crippen LogP contribution in [0.5, 0.6) is 0 Å². The lowest BCUT2D eigenvalue weighted by Gasteiger charge is -2.53. The Morgan fingerprint density at radius 1 is 1.03 bits per heavy atom. The van der Waals surface area contributed by atoms with Crippen molar-refractivity contribution in [2.45, 2.75) is 110 Å². The van der Waals surface area contributed by atoms with Crippen LogP contribution in [0.25, 0.3) is 0 Å². The molecule has 1 aromatic carbocycles. The van der Waals surface area contributed by atoms with Crippen LogP contribution in [0.3, 0.4) is 0 Å². The fraction of sp³-hybridized carbons (Fsp3) is 0.720. The van der Waals surface area contributed by atoms with Gasteiger partial charge in [0.2, 0.25) is 0 Å². The lowest BCUT2D eigenvalue weighted by molar-refractivity contribution is -0.184. The van der Waals surface area contributed by atoms with Crippen LogP contribution in [0.2, 0.25) is 0 Å². The van der Waals surface area contributed by atoms with Gasteiger partial charge in [-0.1, -0.05) is 50.6 Å². The maximum absolute atomic E-state index is 13.8. The molecule has 1 N–H and O–H groups in total. The number of hydrogen-bond donors (Lipinski definition) is 1. The van der Waals surface area contributed by atoms with E-state index in [2.05, 4.69) is 63.9 Å². The van der Waals surface area contributed by atoms with E-state index in [0.29, 0.717) is 12.5 Å². The number of rotatable bonds is 6. The van der Waals surface area contributed by atoms with Crippen molar-refractivity contribution in [1.82, 2.24) is 10.2 Å². The average molecular weight is 401 g/mol. The molecule has 2 saturated heterocycles. The molecular weight excluding hydrogens is 360 g/mol. The second-order valence-electron chi connectivity index (χ2n) is 11.2. The van der Waals surface area contributed by atoms with Crippen molar-refractivity contribution in [3.05, 3.63) is 35.9 Å². The van der Waals surface area contributed by atoms with Crippen molar-refractivity contribution < 1.29 is 9.53 Å². The summed E-state index contributed by atoms with van der Waals surface area (Å²) in [4.78, 5) is 15.8. The second-order valence-corrected chi connectivity index (χ2v) is 11.2. The SMILES string of the molecule is CC(C)CCCC1(C)OC2(CC(C)(C)NC(C)(C)C2)N(Cc2ccccc2)C1=O. The van der Waals surface area contributed by atoms with Gasteiger partial charge in [0, 0.05) is 30.5 Å². The van der Waals surface area contributed by atoms with Gasteiger partial charge in [-0.05, 0) is 58.9 Å². The molecule has 2 aliphatic heterocycles. The summed E-state index contributed by atoms with van der Waals surface area (Å²) in [5.74, 6) is 0.792. The highest BCUT2D eigenvalue weighted by Crippen LogP contribution is 2.49. The van der Waals surface area contributed by atoms with Crippen LogP contribution in [-0.2, 0) is 16.1 Å². The number of amides is 1. The standard InChI is InChI=1S/C25H40N2O2/c1-19(2)12-11-15-24(7)21(28)27(16-20-13-9-8-10-14-20)25(29-24)17-22(3,4)26-23(5,6)18-25/h8-10,13-14,19,26H,11-12,15-18H2,1-7H3. The maximum Gasteiger partial charge on any atom is 0.257 e. The zero-order chi connectivity index (χ0) is 21.5. The first-order valence-corrected chi connectivity index (χ1v) is 11.2. The summed E-state index contributed by atoms with van der Waals surface area (Å²) < 4.78 is 6.86. The first-order chi connectivity index (χ1) is 13.4. The largest absolute Gasteiger partial charge is 0.339 e. The molecule has 4 heteroatoms. The average Bonchev–Trinajstić information content (AvgIpc) is 2.73. The van der Waals surface area contributed by atoms with E-state index >= 15 is 0 Å². The van der Waals surface area contributed by atoms with E-state index in [9.17, 15) is 4.79 Å². The molecular formula is C25H40N2O2. The summed E-state index contributed by atoms with van der Waals surface area (Å²) in [6.45, 7) is 16.0. The van der Waals surface area contributed by atoms with Crippen LogP contribution < -0.4 is 5.32 Å². The molecule has 1 aromatic rings. The molecule has 0 saturated carbocycles. The molecule has 4 nitrogen and oxygen atoms in total. The minimum atomic E-state index is -0.743. The molecule has 1 spiro atoms. The van der Waals surface area contributed by atoms with Gasteiger partial charge in [0.05, 0.1) is 0 Å². The number of carbonyl (C=O) groups excluding carboxylic acids is 1. The molecule has 0 aromatic heterocycles. The molecule has 2 heterocycles. The highest BCUT2D eigenvalue weighted by atomic mass is 16.6. The Balaban J connectivity index is 1.95. The number of benzene rings is 1. The van der Waals surface area contributed by atoms with Crippen LogP contribution in [0.1, 0.15) is 86.1 Å². The molecule has 2 aliphatic rings. The molecule has 1 unspecified atom stereocenters.